The summed E-state index contributed by atoms with van der Waals surface area (Å²) in [4.78, 5) is 40.4. The summed E-state index contributed by atoms with van der Waals surface area (Å²) >= 11 is 5.68. The average Bonchev–Trinajstić information content (AvgIpc) is 2.83. The molecule has 0 radical (unpaired) electrons. The molecule has 0 fully saturated rings. The van der Waals surface area contributed by atoms with Crippen LogP contribution in [0.1, 0.15) is 18.4 Å². The Morgan fingerprint density at radius 2 is 1.90 bits per heavy atom. The first-order valence-electron chi connectivity index (χ1n) is 9.63. The summed E-state index contributed by atoms with van der Waals surface area (Å²) < 4.78 is 15.1. The molecule has 2 aromatic carbocycles. The van der Waals surface area contributed by atoms with Gasteiger partial charge in [0.05, 0.1) is 22.2 Å². The number of nitrogens with one attached hydrogen (secondary N) is 1. The van der Waals surface area contributed by atoms with E-state index in [4.69, 9.17) is 11.6 Å². The summed E-state index contributed by atoms with van der Waals surface area (Å²) in [5.41, 5.74) is 2.07. The van der Waals surface area contributed by atoms with Crippen molar-refractivity contribution in [3.63, 3.8) is 0 Å². The number of anilines is 2. The first-order valence-corrected chi connectivity index (χ1v) is 10.0. The molecule has 0 bridgehead atoms. The van der Waals surface area contributed by atoms with Crippen molar-refractivity contribution >= 4 is 34.8 Å². The maximum absolute atomic E-state index is 13.7. The molecule has 1 unspecified atom stereocenters. The quantitative estimate of drug-likeness (QED) is 0.672. The Balaban J connectivity index is 1.75. The first-order chi connectivity index (χ1) is 14.8. The van der Waals surface area contributed by atoms with Crippen LogP contribution >= 0.6 is 11.6 Å². The Morgan fingerprint density at radius 3 is 2.65 bits per heavy atom. The van der Waals surface area contributed by atoms with Crippen LogP contribution in [0.2, 0.25) is 5.02 Å². The summed E-state index contributed by atoms with van der Waals surface area (Å²) in [6.07, 6.45) is 1.56. The molecule has 1 atom stereocenters. The summed E-state index contributed by atoms with van der Waals surface area (Å²) in [6.45, 7) is 1.42. The Kier molecular flexibility index (Phi) is 5.37. The number of amides is 2. The highest BCUT2D eigenvalue weighted by atomic mass is 35.5. The first kappa shape index (κ1) is 20.8. The van der Waals surface area contributed by atoms with Gasteiger partial charge in [-0.25, -0.2) is 4.39 Å². The third kappa shape index (κ3) is 3.72. The molecule has 2 heterocycles. The van der Waals surface area contributed by atoms with Crippen LogP contribution in [0.15, 0.2) is 59.5 Å². The lowest BCUT2D eigenvalue weighted by molar-refractivity contribution is -0.122. The number of carbonyl (C=O) groups excluding carboxylic acids is 2. The topological polar surface area (TPSA) is 71.4 Å². The summed E-state index contributed by atoms with van der Waals surface area (Å²) in [7, 11) is 1.63. The van der Waals surface area contributed by atoms with E-state index in [-0.39, 0.29) is 28.7 Å². The smallest absolute Gasteiger partial charge is 0.260 e. The van der Waals surface area contributed by atoms with E-state index in [2.05, 4.69) is 5.32 Å². The molecule has 6 nitrogen and oxygen atoms in total. The highest BCUT2D eigenvalue weighted by Gasteiger charge is 2.34. The Hall–Kier alpha value is -3.45. The zero-order valence-corrected chi connectivity index (χ0v) is 17.6. The summed E-state index contributed by atoms with van der Waals surface area (Å²) in [5.74, 6) is -2.06. The molecule has 0 spiro atoms. The molecule has 3 aromatic rings. The van der Waals surface area contributed by atoms with Crippen molar-refractivity contribution in [2.45, 2.75) is 12.8 Å². The van der Waals surface area contributed by atoms with Gasteiger partial charge in [-0.3, -0.25) is 14.4 Å². The standard InChI is InChI=1S/C23H19ClFN3O3/c1-13-15-5-3-4-6-16(15)21-19(9-10-27(2)23(21)31)28(22(13)30)12-20(29)26-14-7-8-17(24)18(25)11-14/h3-11,13H,12H2,1-2H3,(H,26,29). The zero-order valence-electron chi connectivity index (χ0n) is 16.9. The average molecular weight is 440 g/mol. The van der Waals surface area contributed by atoms with Crippen LogP contribution in [0.25, 0.3) is 11.1 Å². The van der Waals surface area contributed by atoms with Crippen molar-refractivity contribution in [3.8, 4) is 11.1 Å². The predicted molar refractivity (Wildman–Crippen MR) is 118 cm³/mol. The number of rotatable bonds is 3. The number of carbonyl (C=O) groups is 2. The largest absolute Gasteiger partial charge is 0.324 e. The van der Waals surface area contributed by atoms with E-state index in [1.165, 1.54) is 21.6 Å². The Labute approximate surface area is 182 Å². The van der Waals surface area contributed by atoms with E-state index in [0.717, 1.165) is 11.6 Å². The van der Waals surface area contributed by atoms with Crippen LogP contribution in [0.5, 0.6) is 0 Å². The molecular weight excluding hydrogens is 421 g/mol. The molecular formula is C23H19ClFN3O3. The maximum Gasteiger partial charge on any atom is 0.260 e. The van der Waals surface area contributed by atoms with Crippen LogP contribution in [0.3, 0.4) is 0 Å². The number of pyridine rings is 1. The van der Waals surface area contributed by atoms with Gasteiger partial charge < -0.3 is 14.8 Å². The van der Waals surface area contributed by atoms with E-state index in [1.54, 1.807) is 32.3 Å². The number of fused-ring (bicyclic) bond motifs is 3. The van der Waals surface area contributed by atoms with Crippen molar-refractivity contribution in [3.05, 3.63) is 81.5 Å². The van der Waals surface area contributed by atoms with Crippen LogP contribution in [0.4, 0.5) is 15.8 Å². The number of benzene rings is 2. The number of aromatic nitrogens is 1. The van der Waals surface area contributed by atoms with Gasteiger partial charge in [-0.1, -0.05) is 35.9 Å². The lowest BCUT2D eigenvalue weighted by Gasteiger charge is -2.24. The molecule has 1 aliphatic rings. The SMILES string of the molecule is CC1C(=O)N(CC(=O)Nc2ccc(Cl)c(F)c2)c2ccn(C)c(=O)c2-c2ccccc21. The minimum absolute atomic E-state index is 0.0583. The lowest BCUT2D eigenvalue weighted by Crippen LogP contribution is -2.40. The van der Waals surface area contributed by atoms with E-state index < -0.39 is 17.6 Å². The molecule has 1 aromatic heterocycles. The lowest BCUT2D eigenvalue weighted by atomic mass is 9.93. The normalized spacial score (nSPS) is 15.2. The second kappa shape index (κ2) is 8.00. The van der Waals surface area contributed by atoms with Gasteiger partial charge in [0.25, 0.3) is 5.56 Å². The van der Waals surface area contributed by atoms with Crippen LogP contribution < -0.4 is 15.8 Å². The highest BCUT2D eigenvalue weighted by molar-refractivity contribution is 6.30. The Bertz CT molecular complexity index is 1270. The van der Waals surface area contributed by atoms with Crippen molar-refractivity contribution in [1.82, 2.24) is 4.57 Å². The minimum Gasteiger partial charge on any atom is -0.324 e. The van der Waals surface area contributed by atoms with Gasteiger partial charge in [-0.2, -0.15) is 0 Å². The van der Waals surface area contributed by atoms with Crippen molar-refractivity contribution < 1.29 is 14.0 Å². The van der Waals surface area contributed by atoms with Crippen molar-refractivity contribution in [2.75, 3.05) is 16.8 Å². The van der Waals surface area contributed by atoms with Crippen LogP contribution in [-0.2, 0) is 16.6 Å². The van der Waals surface area contributed by atoms with Gasteiger partial charge in [-0.15, -0.1) is 0 Å². The second-order valence-electron chi connectivity index (χ2n) is 7.40. The summed E-state index contributed by atoms with van der Waals surface area (Å²) in [6, 6.07) is 12.8. The monoisotopic (exact) mass is 439 g/mol. The van der Waals surface area contributed by atoms with Gasteiger partial charge in [0.15, 0.2) is 0 Å². The van der Waals surface area contributed by atoms with E-state index in [9.17, 15) is 18.8 Å². The molecule has 8 heteroatoms. The van der Waals surface area contributed by atoms with Gasteiger partial charge >= 0.3 is 0 Å². The van der Waals surface area contributed by atoms with Gasteiger partial charge in [0.2, 0.25) is 11.8 Å². The number of aryl methyl sites for hydroxylation is 1. The fraction of sp³-hybridized carbons (Fsp3) is 0.174. The number of hydrogen-bond donors (Lipinski definition) is 1. The third-order valence-corrected chi connectivity index (χ3v) is 5.68. The number of halogens is 2. The van der Waals surface area contributed by atoms with Crippen LogP contribution in [-0.4, -0.2) is 22.9 Å². The minimum atomic E-state index is -0.664. The molecule has 1 N–H and O–H groups in total. The molecule has 2 amide bonds. The van der Waals surface area contributed by atoms with E-state index in [1.807, 2.05) is 18.2 Å². The number of hydrogen-bond acceptors (Lipinski definition) is 3. The molecule has 31 heavy (non-hydrogen) atoms. The fourth-order valence-electron chi connectivity index (χ4n) is 3.77. The molecule has 0 aliphatic carbocycles. The maximum atomic E-state index is 13.7. The third-order valence-electron chi connectivity index (χ3n) is 5.38. The number of nitrogens with zero attached hydrogens (tertiary/aromatic N) is 2. The van der Waals surface area contributed by atoms with Gasteiger partial charge in [0.1, 0.15) is 12.4 Å². The summed E-state index contributed by atoms with van der Waals surface area (Å²) in [5, 5.41) is 2.52. The highest BCUT2D eigenvalue weighted by Crippen LogP contribution is 2.38. The fourth-order valence-corrected chi connectivity index (χ4v) is 3.88. The van der Waals surface area contributed by atoms with Crippen molar-refractivity contribution in [2.24, 2.45) is 7.05 Å². The Morgan fingerprint density at radius 1 is 1.16 bits per heavy atom. The predicted octanol–water partition coefficient (Wildman–Crippen LogP) is 3.93. The van der Waals surface area contributed by atoms with Gasteiger partial charge in [0, 0.05) is 18.9 Å². The van der Waals surface area contributed by atoms with Crippen LogP contribution in [0, 0.1) is 5.82 Å². The zero-order chi connectivity index (χ0) is 22.3. The van der Waals surface area contributed by atoms with Gasteiger partial charge in [-0.05, 0) is 42.3 Å². The molecule has 0 saturated carbocycles. The molecule has 0 saturated heterocycles. The molecule has 1 aliphatic heterocycles. The van der Waals surface area contributed by atoms with E-state index in [0.29, 0.717) is 16.8 Å². The van der Waals surface area contributed by atoms with E-state index >= 15 is 0 Å². The molecule has 4 rings (SSSR count). The second-order valence-corrected chi connectivity index (χ2v) is 7.81. The molecule has 158 valence electrons. The van der Waals surface area contributed by atoms with Crippen molar-refractivity contribution in [1.29, 1.82) is 0 Å².